The largest absolute Gasteiger partial charge is 0.356 e. The van der Waals surface area contributed by atoms with Crippen LogP contribution in [0.1, 0.15) is 26.7 Å². The molecule has 3 nitrogen and oxygen atoms in total. The monoisotopic (exact) mass is 259 g/mol. The highest BCUT2D eigenvalue weighted by molar-refractivity contribution is 7.98. The van der Waals surface area contributed by atoms with Gasteiger partial charge in [-0.25, -0.2) is 9.97 Å². The highest BCUT2D eigenvalue weighted by Crippen LogP contribution is 2.20. The van der Waals surface area contributed by atoms with E-state index in [0.29, 0.717) is 5.15 Å². The zero-order chi connectivity index (χ0) is 12.0. The molecule has 0 N–H and O–H groups in total. The molecule has 0 aliphatic carbocycles. The van der Waals surface area contributed by atoms with E-state index in [0.717, 1.165) is 36.9 Å². The fraction of sp³-hybridized carbons (Fsp3) is 0.636. The van der Waals surface area contributed by atoms with E-state index in [2.05, 4.69) is 28.7 Å². The van der Waals surface area contributed by atoms with Gasteiger partial charge in [-0.2, -0.15) is 0 Å². The molecule has 0 aromatic carbocycles. The minimum absolute atomic E-state index is 0.520. The molecule has 0 saturated heterocycles. The average Bonchev–Trinajstić information content (AvgIpc) is 2.28. The standard InChI is InChI=1S/C11H18ClN3S/c1-4-6-15(7-5-2)10-8-9(12)13-11(14-10)16-3/h8H,4-7H2,1-3H3. The number of hydrogen-bond acceptors (Lipinski definition) is 4. The SMILES string of the molecule is CCCN(CCC)c1cc(Cl)nc(SC)n1. The van der Waals surface area contributed by atoms with Crippen LogP contribution in [0, 0.1) is 0 Å². The summed E-state index contributed by atoms with van der Waals surface area (Å²) in [5, 5.41) is 1.26. The van der Waals surface area contributed by atoms with Crippen molar-refractivity contribution in [3.05, 3.63) is 11.2 Å². The van der Waals surface area contributed by atoms with E-state index < -0.39 is 0 Å². The molecule has 0 spiro atoms. The lowest BCUT2D eigenvalue weighted by Crippen LogP contribution is -2.26. The summed E-state index contributed by atoms with van der Waals surface area (Å²) >= 11 is 7.50. The maximum atomic E-state index is 5.98. The van der Waals surface area contributed by atoms with Crippen molar-refractivity contribution in [2.45, 2.75) is 31.8 Å². The van der Waals surface area contributed by atoms with Gasteiger partial charge in [-0.3, -0.25) is 0 Å². The van der Waals surface area contributed by atoms with Crippen LogP contribution >= 0.6 is 23.4 Å². The van der Waals surface area contributed by atoms with E-state index in [9.17, 15) is 0 Å². The van der Waals surface area contributed by atoms with E-state index >= 15 is 0 Å². The van der Waals surface area contributed by atoms with Gasteiger partial charge < -0.3 is 4.90 Å². The van der Waals surface area contributed by atoms with Crippen LogP contribution in [0.3, 0.4) is 0 Å². The van der Waals surface area contributed by atoms with Crippen molar-refractivity contribution in [2.75, 3.05) is 24.2 Å². The Kier molecular flexibility index (Phi) is 5.91. The fourth-order valence-electron chi connectivity index (χ4n) is 1.52. The van der Waals surface area contributed by atoms with Crippen molar-refractivity contribution in [1.82, 2.24) is 9.97 Å². The Hall–Kier alpha value is -0.480. The minimum atomic E-state index is 0.520. The highest BCUT2D eigenvalue weighted by atomic mass is 35.5. The molecule has 0 atom stereocenters. The number of thioether (sulfide) groups is 1. The molecule has 1 rings (SSSR count). The van der Waals surface area contributed by atoms with Crippen LogP contribution in [0.2, 0.25) is 5.15 Å². The zero-order valence-electron chi connectivity index (χ0n) is 10.0. The third-order valence-electron chi connectivity index (χ3n) is 2.15. The van der Waals surface area contributed by atoms with E-state index in [-0.39, 0.29) is 0 Å². The number of rotatable bonds is 6. The highest BCUT2D eigenvalue weighted by Gasteiger charge is 2.09. The van der Waals surface area contributed by atoms with Crippen molar-refractivity contribution in [2.24, 2.45) is 0 Å². The third-order valence-corrected chi connectivity index (χ3v) is 2.90. The van der Waals surface area contributed by atoms with Crippen molar-refractivity contribution < 1.29 is 0 Å². The molecule has 0 aliphatic heterocycles. The minimum Gasteiger partial charge on any atom is -0.356 e. The number of nitrogens with zero attached hydrogens (tertiary/aromatic N) is 3. The molecule has 16 heavy (non-hydrogen) atoms. The van der Waals surface area contributed by atoms with Crippen molar-refractivity contribution in [3.8, 4) is 0 Å². The van der Waals surface area contributed by atoms with Gasteiger partial charge in [-0.15, -0.1) is 0 Å². The summed E-state index contributed by atoms with van der Waals surface area (Å²) in [6.07, 6.45) is 4.17. The maximum absolute atomic E-state index is 5.98. The number of halogens is 1. The Balaban J connectivity index is 2.93. The molecule has 0 fully saturated rings. The molecular formula is C11H18ClN3S. The van der Waals surface area contributed by atoms with Crippen molar-refractivity contribution in [1.29, 1.82) is 0 Å². The molecule has 1 aromatic heterocycles. The molecular weight excluding hydrogens is 242 g/mol. The van der Waals surface area contributed by atoms with Gasteiger partial charge in [-0.1, -0.05) is 37.2 Å². The smallest absolute Gasteiger partial charge is 0.190 e. The summed E-state index contributed by atoms with van der Waals surface area (Å²) in [6.45, 7) is 6.35. The first-order valence-corrected chi connectivity index (χ1v) is 7.15. The van der Waals surface area contributed by atoms with Crippen LogP contribution in [-0.2, 0) is 0 Å². The summed E-state index contributed by atoms with van der Waals surface area (Å²) in [5.74, 6) is 0.938. The van der Waals surface area contributed by atoms with Gasteiger partial charge in [0.2, 0.25) is 0 Å². The Bertz CT molecular complexity index is 327. The van der Waals surface area contributed by atoms with Gasteiger partial charge in [0.1, 0.15) is 11.0 Å². The topological polar surface area (TPSA) is 29.0 Å². The number of anilines is 1. The second-order valence-electron chi connectivity index (χ2n) is 3.52. The van der Waals surface area contributed by atoms with Gasteiger partial charge in [-0.05, 0) is 19.1 Å². The predicted molar refractivity (Wildman–Crippen MR) is 71.6 cm³/mol. The fourth-order valence-corrected chi connectivity index (χ4v) is 2.12. The van der Waals surface area contributed by atoms with Crippen molar-refractivity contribution >= 4 is 29.2 Å². The van der Waals surface area contributed by atoms with E-state index in [1.54, 1.807) is 0 Å². The van der Waals surface area contributed by atoms with Crippen LogP contribution in [0.25, 0.3) is 0 Å². The van der Waals surface area contributed by atoms with Gasteiger partial charge >= 0.3 is 0 Å². The Morgan fingerprint density at radius 1 is 1.25 bits per heavy atom. The van der Waals surface area contributed by atoms with E-state index in [4.69, 9.17) is 11.6 Å². The van der Waals surface area contributed by atoms with Crippen molar-refractivity contribution in [3.63, 3.8) is 0 Å². The summed E-state index contributed by atoms with van der Waals surface area (Å²) < 4.78 is 0. The molecule has 0 unspecified atom stereocenters. The summed E-state index contributed by atoms with van der Waals surface area (Å²) in [6, 6.07) is 1.84. The van der Waals surface area contributed by atoms with E-state index in [1.165, 1.54) is 11.8 Å². The molecule has 0 amide bonds. The predicted octanol–water partition coefficient (Wildman–Crippen LogP) is 3.48. The Morgan fingerprint density at radius 3 is 2.38 bits per heavy atom. The quantitative estimate of drug-likeness (QED) is 0.444. The first kappa shape index (κ1) is 13.6. The normalized spacial score (nSPS) is 10.5. The van der Waals surface area contributed by atoms with Gasteiger partial charge in [0, 0.05) is 19.2 Å². The molecule has 1 aromatic rings. The lowest BCUT2D eigenvalue weighted by Gasteiger charge is -2.22. The molecule has 0 bridgehead atoms. The van der Waals surface area contributed by atoms with Gasteiger partial charge in [0.05, 0.1) is 0 Å². The average molecular weight is 260 g/mol. The van der Waals surface area contributed by atoms with Crippen LogP contribution in [0.15, 0.2) is 11.2 Å². The first-order valence-electron chi connectivity index (χ1n) is 5.54. The summed E-state index contributed by atoms with van der Waals surface area (Å²) in [4.78, 5) is 10.9. The van der Waals surface area contributed by atoms with Crippen LogP contribution in [-0.4, -0.2) is 29.3 Å². The molecule has 5 heteroatoms. The van der Waals surface area contributed by atoms with Crippen LogP contribution < -0.4 is 4.90 Å². The lowest BCUT2D eigenvalue weighted by atomic mass is 10.3. The van der Waals surface area contributed by atoms with E-state index in [1.807, 2.05) is 12.3 Å². The molecule has 0 saturated carbocycles. The Labute approximate surface area is 107 Å². The van der Waals surface area contributed by atoms with Gasteiger partial charge in [0.15, 0.2) is 5.16 Å². The molecule has 0 aliphatic rings. The Morgan fingerprint density at radius 2 is 1.88 bits per heavy atom. The first-order chi connectivity index (χ1) is 7.71. The second kappa shape index (κ2) is 6.97. The van der Waals surface area contributed by atoms with Crippen LogP contribution in [0.5, 0.6) is 0 Å². The van der Waals surface area contributed by atoms with Gasteiger partial charge in [0.25, 0.3) is 0 Å². The summed E-state index contributed by atoms with van der Waals surface area (Å²) in [5.41, 5.74) is 0. The molecule has 90 valence electrons. The molecule has 0 radical (unpaired) electrons. The van der Waals surface area contributed by atoms with Crippen LogP contribution in [0.4, 0.5) is 5.82 Å². The maximum Gasteiger partial charge on any atom is 0.190 e. The third kappa shape index (κ3) is 3.83. The zero-order valence-corrected chi connectivity index (χ0v) is 11.6. The second-order valence-corrected chi connectivity index (χ2v) is 4.68. The number of aromatic nitrogens is 2. The lowest BCUT2D eigenvalue weighted by molar-refractivity contribution is 0.725. The summed E-state index contributed by atoms with van der Waals surface area (Å²) in [7, 11) is 0. The molecule has 1 heterocycles. The number of hydrogen-bond donors (Lipinski definition) is 0.